The van der Waals surface area contributed by atoms with E-state index in [2.05, 4.69) is 10.0 Å². The molecule has 2 aromatic rings. The smallest absolute Gasteiger partial charge is 0.255 e. The maximum atomic E-state index is 13.5. The number of aliphatic hydroxyl groups is 1. The molecule has 0 radical (unpaired) electrons. The number of nitrogens with one attached hydrogen (secondary N) is 2. The molecule has 1 amide bonds. The molecule has 3 N–H and O–H groups in total. The molecule has 0 saturated heterocycles. The lowest BCUT2D eigenvalue weighted by Crippen LogP contribution is -2.53. The molecule has 0 aliphatic heterocycles. The molecule has 200 valence electrons. The van der Waals surface area contributed by atoms with Gasteiger partial charge in [-0.15, -0.1) is 11.8 Å². The first-order chi connectivity index (χ1) is 17.5. The highest BCUT2D eigenvalue weighted by Gasteiger charge is 2.54. The van der Waals surface area contributed by atoms with Crippen molar-refractivity contribution in [2.45, 2.75) is 59.5 Å². The van der Waals surface area contributed by atoms with E-state index >= 15 is 0 Å². The molecule has 2 aromatic carbocycles. The third kappa shape index (κ3) is 5.52. The third-order valence-electron chi connectivity index (χ3n) is 7.62. The van der Waals surface area contributed by atoms with Crippen LogP contribution in [0.2, 0.25) is 5.02 Å². The first-order valence-electron chi connectivity index (χ1n) is 12.1. The summed E-state index contributed by atoms with van der Waals surface area (Å²) in [5.74, 6) is -5.18. The molecule has 3 saturated carbocycles. The molecule has 1 unspecified atom stereocenters. The standard InChI is InChI=1S/C25H26ClF3N2O4S2/c26-19-6-1-13(24(32)31-16-10-20(27)23(29)21(28)11-16)7-22(19)36-17-8-14-2-3-15(9-17)25(14,33)12-30-37(34,35)18-4-5-18/h1,6-7,10-11,14-15,17-18,30,33H,2-5,8-9,12H2,(H,31,32)/t14-,15?,17-,25-/m0/s1. The number of benzene rings is 2. The van der Waals surface area contributed by atoms with Gasteiger partial charge in [-0.3, -0.25) is 4.79 Å². The predicted molar refractivity (Wildman–Crippen MR) is 136 cm³/mol. The number of amides is 1. The van der Waals surface area contributed by atoms with Crippen LogP contribution in [0.15, 0.2) is 35.2 Å². The molecule has 12 heteroatoms. The number of carbonyl (C=O) groups is 1. The molecule has 0 spiro atoms. The van der Waals surface area contributed by atoms with Crippen LogP contribution in [-0.4, -0.2) is 42.1 Å². The summed E-state index contributed by atoms with van der Waals surface area (Å²) in [7, 11) is -3.38. The number of halogens is 4. The van der Waals surface area contributed by atoms with Gasteiger partial charge in [-0.25, -0.2) is 26.3 Å². The Bertz CT molecular complexity index is 1300. The highest BCUT2D eigenvalue weighted by atomic mass is 35.5. The van der Waals surface area contributed by atoms with E-state index in [1.165, 1.54) is 17.8 Å². The molecule has 6 nitrogen and oxygen atoms in total. The average Bonchev–Trinajstić information content (AvgIpc) is 3.67. The topological polar surface area (TPSA) is 95.5 Å². The van der Waals surface area contributed by atoms with Gasteiger partial charge in [0.25, 0.3) is 5.91 Å². The monoisotopic (exact) mass is 574 g/mol. The SMILES string of the molecule is O=C(Nc1cc(F)c(F)c(F)c1)c1ccc(Cl)c(S[C@@H]2CC3CC[C@@H](C2)[C@@]3(O)CNS(=O)(=O)C2CC2)c1. The van der Waals surface area contributed by atoms with Crippen LogP contribution in [0.5, 0.6) is 0 Å². The maximum absolute atomic E-state index is 13.5. The number of rotatable bonds is 8. The van der Waals surface area contributed by atoms with E-state index in [1.54, 1.807) is 12.1 Å². The van der Waals surface area contributed by atoms with Crippen LogP contribution in [0.4, 0.5) is 18.9 Å². The summed E-state index contributed by atoms with van der Waals surface area (Å²) in [5.41, 5.74) is -1.09. The van der Waals surface area contributed by atoms with E-state index in [9.17, 15) is 31.5 Å². The zero-order valence-electron chi connectivity index (χ0n) is 19.6. The van der Waals surface area contributed by atoms with Gasteiger partial charge in [0.2, 0.25) is 10.0 Å². The van der Waals surface area contributed by atoms with Gasteiger partial charge in [-0.05, 0) is 68.6 Å². The van der Waals surface area contributed by atoms with Crippen molar-refractivity contribution in [1.82, 2.24) is 4.72 Å². The molecule has 2 bridgehead atoms. The van der Waals surface area contributed by atoms with Gasteiger partial charge in [0.05, 0.1) is 15.9 Å². The lowest BCUT2D eigenvalue weighted by molar-refractivity contribution is -0.0520. The lowest BCUT2D eigenvalue weighted by Gasteiger charge is -2.42. The van der Waals surface area contributed by atoms with Crippen molar-refractivity contribution in [2.24, 2.45) is 11.8 Å². The Balaban J connectivity index is 1.25. The Labute approximate surface area is 222 Å². The van der Waals surface area contributed by atoms with Gasteiger partial charge in [-0.2, -0.15) is 0 Å². The molecule has 37 heavy (non-hydrogen) atoms. The van der Waals surface area contributed by atoms with Crippen molar-refractivity contribution in [1.29, 1.82) is 0 Å². The minimum atomic E-state index is -3.38. The van der Waals surface area contributed by atoms with Crippen molar-refractivity contribution in [3.63, 3.8) is 0 Å². The molecule has 3 aliphatic carbocycles. The second kappa shape index (κ2) is 10.1. The summed E-state index contributed by atoms with van der Waals surface area (Å²) in [5, 5.41) is 14.0. The molecule has 5 rings (SSSR count). The molecule has 0 aromatic heterocycles. The van der Waals surface area contributed by atoms with Crippen LogP contribution in [0.25, 0.3) is 0 Å². The second-order valence-electron chi connectivity index (χ2n) is 10.1. The molecule has 0 heterocycles. The number of hydrogen-bond donors (Lipinski definition) is 3. The van der Waals surface area contributed by atoms with Crippen LogP contribution in [0, 0.1) is 29.3 Å². The molecular weight excluding hydrogens is 549 g/mol. The number of carbonyl (C=O) groups excluding carboxylic acids is 1. The van der Waals surface area contributed by atoms with E-state index in [4.69, 9.17) is 11.6 Å². The Morgan fingerprint density at radius 1 is 1.05 bits per heavy atom. The normalized spacial score (nSPS) is 27.3. The van der Waals surface area contributed by atoms with Crippen molar-refractivity contribution in [2.75, 3.05) is 11.9 Å². The number of hydrogen-bond acceptors (Lipinski definition) is 5. The highest BCUT2D eigenvalue weighted by molar-refractivity contribution is 8.00. The van der Waals surface area contributed by atoms with Crippen LogP contribution in [-0.2, 0) is 10.0 Å². The lowest BCUT2D eigenvalue weighted by atomic mass is 9.74. The summed E-state index contributed by atoms with van der Waals surface area (Å²) < 4.78 is 67.4. The van der Waals surface area contributed by atoms with E-state index in [0.717, 1.165) is 12.8 Å². The minimum Gasteiger partial charge on any atom is -0.388 e. The van der Waals surface area contributed by atoms with Crippen molar-refractivity contribution >= 4 is 45.0 Å². The number of fused-ring (bicyclic) bond motifs is 2. The fraction of sp³-hybridized carbons (Fsp3) is 0.480. The molecule has 4 atom stereocenters. The molecule has 3 aliphatic rings. The fourth-order valence-electron chi connectivity index (χ4n) is 5.45. The number of sulfonamides is 1. The summed E-state index contributed by atoms with van der Waals surface area (Å²) in [4.78, 5) is 13.3. The highest BCUT2D eigenvalue weighted by Crippen LogP contribution is 2.53. The second-order valence-corrected chi connectivity index (χ2v) is 13.9. The first-order valence-corrected chi connectivity index (χ1v) is 14.9. The quantitative estimate of drug-likeness (QED) is 0.381. The Morgan fingerprint density at radius 3 is 2.27 bits per heavy atom. The van der Waals surface area contributed by atoms with Gasteiger partial charge in [0, 0.05) is 40.1 Å². The first kappa shape index (κ1) is 26.8. The molecule has 3 fully saturated rings. The van der Waals surface area contributed by atoms with Gasteiger partial charge in [-0.1, -0.05) is 11.6 Å². The fourth-order valence-corrected chi connectivity index (χ4v) is 8.52. The molecular formula is C25H26ClF3N2O4S2. The summed E-state index contributed by atoms with van der Waals surface area (Å²) in [6.45, 7) is 0.0273. The van der Waals surface area contributed by atoms with Crippen molar-refractivity contribution in [3.05, 3.63) is 58.4 Å². The van der Waals surface area contributed by atoms with Crippen LogP contribution >= 0.6 is 23.4 Å². The summed E-state index contributed by atoms with van der Waals surface area (Å²) >= 11 is 7.89. The van der Waals surface area contributed by atoms with Crippen LogP contribution in [0.3, 0.4) is 0 Å². The third-order valence-corrected chi connectivity index (χ3v) is 11.3. The zero-order valence-corrected chi connectivity index (χ0v) is 22.0. The Hall–Kier alpha value is -1.79. The van der Waals surface area contributed by atoms with E-state index in [1.807, 2.05) is 0 Å². The minimum absolute atomic E-state index is 0.0273. The predicted octanol–water partition coefficient (Wildman–Crippen LogP) is 5.10. The van der Waals surface area contributed by atoms with Gasteiger partial charge < -0.3 is 10.4 Å². The summed E-state index contributed by atoms with van der Waals surface area (Å²) in [6, 6.07) is 6.03. The van der Waals surface area contributed by atoms with Gasteiger partial charge in [0.1, 0.15) is 0 Å². The number of anilines is 1. The number of thioether (sulfide) groups is 1. The summed E-state index contributed by atoms with van der Waals surface area (Å²) in [6.07, 6.45) is 4.28. The van der Waals surface area contributed by atoms with Crippen LogP contribution < -0.4 is 10.0 Å². The Morgan fingerprint density at radius 2 is 1.68 bits per heavy atom. The van der Waals surface area contributed by atoms with Crippen molar-refractivity contribution in [3.8, 4) is 0 Å². The van der Waals surface area contributed by atoms with Crippen LogP contribution in [0.1, 0.15) is 48.9 Å². The zero-order chi connectivity index (χ0) is 26.5. The Kier molecular flexibility index (Phi) is 7.29. The van der Waals surface area contributed by atoms with E-state index < -0.39 is 39.0 Å². The average molecular weight is 575 g/mol. The van der Waals surface area contributed by atoms with Gasteiger partial charge in [0.15, 0.2) is 17.5 Å². The maximum Gasteiger partial charge on any atom is 0.255 e. The van der Waals surface area contributed by atoms with Crippen molar-refractivity contribution < 1.29 is 31.5 Å². The van der Waals surface area contributed by atoms with E-state index in [0.29, 0.717) is 47.7 Å². The largest absolute Gasteiger partial charge is 0.388 e. The van der Waals surface area contributed by atoms with E-state index in [-0.39, 0.29) is 40.1 Å². The van der Waals surface area contributed by atoms with Gasteiger partial charge >= 0.3 is 0 Å².